The quantitative estimate of drug-likeness (QED) is 0.908. The van der Waals surface area contributed by atoms with Gasteiger partial charge in [0, 0.05) is 6.07 Å². The van der Waals surface area contributed by atoms with E-state index in [0.29, 0.717) is 11.9 Å². The van der Waals surface area contributed by atoms with Crippen molar-refractivity contribution in [2.45, 2.75) is 57.5 Å². The van der Waals surface area contributed by atoms with Gasteiger partial charge in [-0.25, -0.2) is 0 Å². The van der Waals surface area contributed by atoms with Crippen molar-refractivity contribution in [3.05, 3.63) is 23.8 Å². The number of benzene rings is 1. The molecule has 0 aromatic heterocycles. The standard InChI is InChI=1S/C18H25NO3/c19-18(20)12-21-15-8-6-14-7-9-16(22-17(14)11-15)10-13-4-2-1-3-5-13/h6,8,11,13,16H,1-5,7,9-10,12H2,(H2,19,20). The van der Waals surface area contributed by atoms with Crippen molar-refractivity contribution in [2.75, 3.05) is 6.61 Å². The molecule has 3 rings (SSSR count). The van der Waals surface area contributed by atoms with E-state index in [1.54, 1.807) is 0 Å². The molecular formula is C18H25NO3. The fraction of sp³-hybridized carbons (Fsp3) is 0.611. The van der Waals surface area contributed by atoms with Crippen molar-refractivity contribution in [1.29, 1.82) is 0 Å². The fourth-order valence-electron chi connectivity index (χ4n) is 3.61. The molecule has 1 fully saturated rings. The minimum Gasteiger partial charge on any atom is -0.490 e. The zero-order chi connectivity index (χ0) is 15.4. The Morgan fingerprint density at radius 3 is 2.82 bits per heavy atom. The lowest BCUT2D eigenvalue weighted by Gasteiger charge is -2.31. The maximum Gasteiger partial charge on any atom is 0.255 e. The average molecular weight is 303 g/mol. The predicted octanol–water partition coefficient (Wildman–Crippen LogP) is 3.21. The lowest BCUT2D eigenvalue weighted by atomic mass is 9.84. The second kappa shape index (κ2) is 7.03. The van der Waals surface area contributed by atoms with Crippen molar-refractivity contribution in [3.8, 4) is 11.5 Å². The third-order valence-corrected chi connectivity index (χ3v) is 4.77. The summed E-state index contributed by atoms with van der Waals surface area (Å²) in [6.45, 7) is -0.0930. The monoisotopic (exact) mass is 303 g/mol. The normalized spacial score (nSPS) is 21.7. The highest BCUT2D eigenvalue weighted by Gasteiger charge is 2.24. The molecule has 4 heteroatoms. The van der Waals surface area contributed by atoms with Gasteiger partial charge in [0.1, 0.15) is 11.5 Å². The molecule has 1 aliphatic heterocycles. The summed E-state index contributed by atoms with van der Waals surface area (Å²) in [5, 5.41) is 0. The van der Waals surface area contributed by atoms with Gasteiger partial charge >= 0.3 is 0 Å². The van der Waals surface area contributed by atoms with Crippen LogP contribution in [0.25, 0.3) is 0 Å². The Labute approximate surface area is 132 Å². The summed E-state index contributed by atoms with van der Waals surface area (Å²) >= 11 is 0. The summed E-state index contributed by atoms with van der Waals surface area (Å²) in [6, 6.07) is 5.81. The van der Waals surface area contributed by atoms with Gasteiger partial charge in [0.05, 0.1) is 6.10 Å². The van der Waals surface area contributed by atoms with Crippen LogP contribution in [0.2, 0.25) is 0 Å². The molecule has 1 atom stereocenters. The lowest BCUT2D eigenvalue weighted by molar-refractivity contribution is -0.119. The minimum absolute atomic E-state index is 0.0930. The van der Waals surface area contributed by atoms with Crippen LogP contribution >= 0.6 is 0 Å². The number of carbonyl (C=O) groups excluding carboxylic acids is 1. The Morgan fingerprint density at radius 2 is 2.05 bits per heavy atom. The molecule has 1 aromatic carbocycles. The van der Waals surface area contributed by atoms with Gasteiger partial charge in [-0.1, -0.05) is 38.2 Å². The first-order chi connectivity index (χ1) is 10.7. The lowest BCUT2D eigenvalue weighted by Crippen LogP contribution is -2.26. The van der Waals surface area contributed by atoms with Gasteiger partial charge in [0.2, 0.25) is 0 Å². The molecule has 1 aliphatic carbocycles. The van der Waals surface area contributed by atoms with Crippen LogP contribution < -0.4 is 15.2 Å². The van der Waals surface area contributed by atoms with Crippen LogP contribution in [0.1, 0.15) is 50.5 Å². The Balaban J connectivity index is 1.60. The smallest absolute Gasteiger partial charge is 0.255 e. The first kappa shape index (κ1) is 15.2. The van der Waals surface area contributed by atoms with Gasteiger partial charge in [0.15, 0.2) is 6.61 Å². The van der Waals surface area contributed by atoms with E-state index in [9.17, 15) is 4.79 Å². The molecule has 2 aliphatic rings. The Kier molecular flexibility index (Phi) is 4.86. The van der Waals surface area contributed by atoms with Crippen LogP contribution in [-0.2, 0) is 11.2 Å². The molecule has 1 aromatic rings. The van der Waals surface area contributed by atoms with Crippen molar-refractivity contribution in [1.82, 2.24) is 0 Å². The van der Waals surface area contributed by atoms with Crippen LogP contribution in [0.15, 0.2) is 18.2 Å². The molecule has 1 unspecified atom stereocenters. The number of hydrogen-bond acceptors (Lipinski definition) is 3. The Hall–Kier alpha value is -1.71. The van der Waals surface area contributed by atoms with Gasteiger partial charge in [-0.2, -0.15) is 0 Å². The summed E-state index contributed by atoms with van der Waals surface area (Å²) in [5.41, 5.74) is 6.34. The Bertz CT molecular complexity index is 523. The highest BCUT2D eigenvalue weighted by atomic mass is 16.5. The summed E-state index contributed by atoms with van der Waals surface area (Å²) in [4.78, 5) is 10.8. The molecule has 0 spiro atoms. The SMILES string of the molecule is NC(=O)COc1ccc2c(c1)OC(CC1CCCCC1)CC2. The number of aryl methyl sites for hydroxylation is 1. The summed E-state index contributed by atoms with van der Waals surface area (Å²) in [6.07, 6.45) is 10.5. The number of nitrogens with two attached hydrogens (primary N) is 1. The van der Waals surface area contributed by atoms with Crippen molar-refractivity contribution in [3.63, 3.8) is 0 Å². The molecule has 4 nitrogen and oxygen atoms in total. The van der Waals surface area contributed by atoms with E-state index in [1.807, 2.05) is 18.2 Å². The van der Waals surface area contributed by atoms with Crippen molar-refractivity contribution in [2.24, 2.45) is 11.7 Å². The number of primary amides is 1. The maximum absolute atomic E-state index is 10.8. The van der Waals surface area contributed by atoms with E-state index in [1.165, 1.54) is 44.1 Å². The number of hydrogen-bond donors (Lipinski definition) is 1. The second-order valence-corrected chi connectivity index (χ2v) is 6.54. The van der Waals surface area contributed by atoms with Crippen LogP contribution in [-0.4, -0.2) is 18.6 Å². The number of ether oxygens (including phenoxy) is 2. The molecule has 22 heavy (non-hydrogen) atoms. The summed E-state index contributed by atoms with van der Waals surface area (Å²) in [7, 11) is 0. The zero-order valence-electron chi connectivity index (χ0n) is 13.1. The third-order valence-electron chi connectivity index (χ3n) is 4.77. The molecular weight excluding hydrogens is 278 g/mol. The van der Waals surface area contributed by atoms with Gasteiger partial charge in [-0.15, -0.1) is 0 Å². The molecule has 1 saturated carbocycles. The van der Waals surface area contributed by atoms with Crippen molar-refractivity contribution >= 4 is 5.91 Å². The first-order valence-electron chi connectivity index (χ1n) is 8.41. The summed E-state index contributed by atoms with van der Waals surface area (Å²) < 4.78 is 11.6. The number of rotatable bonds is 5. The van der Waals surface area contributed by atoms with E-state index in [4.69, 9.17) is 15.2 Å². The van der Waals surface area contributed by atoms with E-state index in [0.717, 1.165) is 24.5 Å². The minimum atomic E-state index is -0.464. The van der Waals surface area contributed by atoms with E-state index in [-0.39, 0.29) is 6.61 Å². The Morgan fingerprint density at radius 1 is 1.23 bits per heavy atom. The first-order valence-corrected chi connectivity index (χ1v) is 8.41. The molecule has 0 bridgehead atoms. The molecule has 0 radical (unpaired) electrons. The number of amides is 1. The largest absolute Gasteiger partial charge is 0.490 e. The zero-order valence-corrected chi connectivity index (χ0v) is 13.1. The highest BCUT2D eigenvalue weighted by Crippen LogP contribution is 2.35. The summed E-state index contributed by atoms with van der Waals surface area (Å²) in [5.74, 6) is 1.92. The van der Waals surface area contributed by atoms with Crippen LogP contribution in [0.3, 0.4) is 0 Å². The number of fused-ring (bicyclic) bond motifs is 1. The molecule has 1 heterocycles. The van der Waals surface area contributed by atoms with E-state index < -0.39 is 5.91 Å². The van der Waals surface area contributed by atoms with Crippen LogP contribution in [0.4, 0.5) is 0 Å². The van der Waals surface area contributed by atoms with Crippen molar-refractivity contribution < 1.29 is 14.3 Å². The topological polar surface area (TPSA) is 61.6 Å². The van der Waals surface area contributed by atoms with Gasteiger partial charge in [0.25, 0.3) is 5.91 Å². The predicted molar refractivity (Wildman–Crippen MR) is 85.1 cm³/mol. The second-order valence-electron chi connectivity index (χ2n) is 6.54. The molecule has 120 valence electrons. The van der Waals surface area contributed by atoms with E-state index >= 15 is 0 Å². The van der Waals surface area contributed by atoms with Crippen LogP contribution in [0, 0.1) is 5.92 Å². The van der Waals surface area contributed by atoms with Crippen LogP contribution in [0.5, 0.6) is 11.5 Å². The maximum atomic E-state index is 10.8. The van der Waals surface area contributed by atoms with E-state index in [2.05, 4.69) is 0 Å². The molecule has 1 amide bonds. The van der Waals surface area contributed by atoms with Gasteiger partial charge in [-0.3, -0.25) is 4.79 Å². The average Bonchev–Trinajstić information content (AvgIpc) is 2.53. The fourth-order valence-corrected chi connectivity index (χ4v) is 3.61. The van der Waals surface area contributed by atoms with Gasteiger partial charge in [-0.05, 0) is 36.8 Å². The van der Waals surface area contributed by atoms with Gasteiger partial charge < -0.3 is 15.2 Å². The molecule has 2 N–H and O–H groups in total. The number of carbonyl (C=O) groups is 1. The molecule has 0 saturated heterocycles. The highest BCUT2D eigenvalue weighted by molar-refractivity contribution is 5.75. The third kappa shape index (κ3) is 3.93.